The second-order valence-corrected chi connectivity index (χ2v) is 8.52. The van der Waals surface area contributed by atoms with Gasteiger partial charge in [-0.15, -0.1) is 11.3 Å². The highest BCUT2D eigenvalue weighted by atomic mass is 32.2. The number of rotatable bonds is 5. The minimum Gasteiger partial charge on any atom is -0.394 e. The van der Waals surface area contributed by atoms with Gasteiger partial charge < -0.3 is 10.0 Å². The number of carbonyl (C=O) groups is 1. The van der Waals surface area contributed by atoms with E-state index < -0.39 is 10.0 Å². The monoisotopic (exact) mass is 332 g/mol. The van der Waals surface area contributed by atoms with Gasteiger partial charge in [0.25, 0.3) is 10.0 Å². The smallest absolute Gasteiger partial charge is 0.252 e. The average molecular weight is 332 g/mol. The molecule has 2 rings (SSSR count). The SMILES string of the molecule is CC1CCN(C(=O)CN(C)S(=O)(=O)c2cccs2)C1CO. The van der Waals surface area contributed by atoms with Crippen molar-refractivity contribution < 1.29 is 18.3 Å². The lowest BCUT2D eigenvalue weighted by Gasteiger charge is -2.27. The summed E-state index contributed by atoms with van der Waals surface area (Å²) in [7, 11) is -2.21. The number of amides is 1. The van der Waals surface area contributed by atoms with Crippen molar-refractivity contribution in [2.75, 3.05) is 26.7 Å². The van der Waals surface area contributed by atoms with E-state index in [1.807, 2.05) is 6.92 Å². The fourth-order valence-corrected chi connectivity index (χ4v) is 4.85. The van der Waals surface area contributed by atoms with Crippen molar-refractivity contribution in [3.05, 3.63) is 17.5 Å². The number of thiophene rings is 1. The third-order valence-electron chi connectivity index (χ3n) is 3.91. The number of likely N-dealkylation sites (N-methyl/N-ethyl adjacent to an activating group) is 1. The maximum absolute atomic E-state index is 12.3. The van der Waals surface area contributed by atoms with Crippen LogP contribution in [0.1, 0.15) is 13.3 Å². The Morgan fingerprint density at radius 3 is 2.86 bits per heavy atom. The molecule has 1 aliphatic rings. The Morgan fingerprint density at radius 2 is 2.29 bits per heavy atom. The summed E-state index contributed by atoms with van der Waals surface area (Å²) >= 11 is 1.13. The number of likely N-dealkylation sites (tertiary alicyclic amines) is 1. The summed E-state index contributed by atoms with van der Waals surface area (Å²) < 4.78 is 25.8. The van der Waals surface area contributed by atoms with E-state index in [9.17, 15) is 18.3 Å². The van der Waals surface area contributed by atoms with Gasteiger partial charge >= 0.3 is 0 Å². The molecule has 21 heavy (non-hydrogen) atoms. The molecule has 0 bridgehead atoms. The van der Waals surface area contributed by atoms with Crippen LogP contribution >= 0.6 is 11.3 Å². The molecule has 2 heterocycles. The molecule has 2 unspecified atom stereocenters. The van der Waals surface area contributed by atoms with Gasteiger partial charge in [-0.3, -0.25) is 4.79 Å². The third kappa shape index (κ3) is 3.28. The summed E-state index contributed by atoms with van der Waals surface area (Å²) in [4.78, 5) is 13.9. The fraction of sp³-hybridized carbons (Fsp3) is 0.615. The first kappa shape index (κ1) is 16.4. The van der Waals surface area contributed by atoms with Crippen LogP contribution in [0.15, 0.2) is 21.7 Å². The molecule has 1 saturated heterocycles. The van der Waals surface area contributed by atoms with Gasteiger partial charge in [-0.25, -0.2) is 8.42 Å². The van der Waals surface area contributed by atoms with Gasteiger partial charge in [0.1, 0.15) is 4.21 Å². The van der Waals surface area contributed by atoms with Gasteiger partial charge in [0.05, 0.1) is 19.2 Å². The standard InChI is InChI=1S/C13H20N2O4S2/c1-10-5-6-15(11(10)9-16)12(17)8-14(2)21(18,19)13-4-3-7-20-13/h3-4,7,10-11,16H,5-6,8-9H2,1-2H3. The maximum atomic E-state index is 12.3. The highest BCUT2D eigenvalue weighted by molar-refractivity contribution is 7.91. The molecule has 118 valence electrons. The van der Waals surface area contributed by atoms with Crippen LogP contribution in [-0.2, 0) is 14.8 Å². The van der Waals surface area contributed by atoms with Crippen molar-refractivity contribution in [1.29, 1.82) is 0 Å². The number of carbonyl (C=O) groups excluding carboxylic acids is 1. The highest BCUT2D eigenvalue weighted by Gasteiger charge is 2.35. The molecule has 1 aromatic rings. The van der Waals surface area contributed by atoms with Crippen molar-refractivity contribution >= 4 is 27.3 Å². The van der Waals surface area contributed by atoms with Gasteiger partial charge in [-0.05, 0) is 23.8 Å². The van der Waals surface area contributed by atoms with Crippen molar-refractivity contribution in [2.24, 2.45) is 5.92 Å². The van der Waals surface area contributed by atoms with E-state index in [-0.39, 0.29) is 35.2 Å². The summed E-state index contributed by atoms with van der Waals surface area (Å²) in [6.07, 6.45) is 0.832. The molecule has 0 radical (unpaired) electrons. The van der Waals surface area contributed by atoms with Gasteiger partial charge in [0.15, 0.2) is 0 Å². The number of sulfonamides is 1. The normalized spacial score (nSPS) is 23.0. The van der Waals surface area contributed by atoms with Gasteiger partial charge in [-0.1, -0.05) is 13.0 Å². The van der Waals surface area contributed by atoms with Crippen LogP contribution in [0.2, 0.25) is 0 Å². The molecule has 1 fully saturated rings. The Morgan fingerprint density at radius 1 is 1.57 bits per heavy atom. The van der Waals surface area contributed by atoms with E-state index >= 15 is 0 Å². The van der Waals surface area contributed by atoms with Gasteiger partial charge in [0, 0.05) is 13.6 Å². The van der Waals surface area contributed by atoms with E-state index in [0.717, 1.165) is 22.1 Å². The van der Waals surface area contributed by atoms with Crippen LogP contribution in [0.3, 0.4) is 0 Å². The number of aliphatic hydroxyl groups excluding tert-OH is 1. The minimum absolute atomic E-state index is 0.0890. The van der Waals surface area contributed by atoms with Crippen LogP contribution < -0.4 is 0 Å². The first-order valence-corrected chi connectivity index (χ1v) is 9.10. The molecule has 0 spiro atoms. The van der Waals surface area contributed by atoms with Crippen LogP contribution in [0, 0.1) is 5.92 Å². The van der Waals surface area contributed by atoms with Crippen LogP contribution in [0.5, 0.6) is 0 Å². The van der Waals surface area contributed by atoms with E-state index in [2.05, 4.69) is 0 Å². The molecule has 2 atom stereocenters. The lowest BCUT2D eigenvalue weighted by molar-refractivity contribution is -0.133. The predicted octanol–water partition coefficient (Wildman–Crippen LogP) is 0.598. The first-order chi connectivity index (χ1) is 9.87. The Hall–Kier alpha value is -0.960. The zero-order valence-corrected chi connectivity index (χ0v) is 13.7. The molecule has 0 aliphatic carbocycles. The fourth-order valence-electron chi connectivity index (χ4n) is 2.53. The molecule has 1 aromatic heterocycles. The summed E-state index contributed by atoms with van der Waals surface area (Å²) in [6.45, 7) is 2.26. The topological polar surface area (TPSA) is 77.9 Å². The summed E-state index contributed by atoms with van der Waals surface area (Å²) in [5.41, 5.74) is 0. The number of hydrogen-bond acceptors (Lipinski definition) is 5. The maximum Gasteiger partial charge on any atom is 0.252 e. The van der Waals surface area contributed by atoms with Gasteiger partial charge in [0.2, 0.25) is 5.91 Å². The summed E-state index contributed by atoms with van der Waals surface area (Å²) in [5, 5.41) is 11.1. The third-order valence-corrected chi connectivity index (χ3v) is 7.08. The van der Waals surface area contributed by atoms with Crippen molar-refractivity contribution in [2.45, 2.75) is 23.6 Å². The van der Waals surface area contributed by atoms with Crippen molar-refractivity contribution in [1.82, 2.24) is 9.21 Å². The van der Waals surface area contributed by atoms with Crippen LogP contribution in [0.4, 0.5) is 0 Å². The zero-order chi connectivity index (χ0) is 15.6. The molecular weight excluding hydrogens is 312 g/mol. The predicted molar refractivity (Wildman–Crippen MR) is 80.5 cm³/mol. The van der Waals surface area contributed by atoms with Crippen LogP contribution in [0.25, 0.3) is 0 Å². The second kappa shape index (κ2) is 6.43. The van der Waals surface area contributed by atoms with E-state index in [0.29, 0.717) is 6.54 Å². The average Bonchev–Trinajstić information content (AvgIpc) is 3.07. The molecule has 0 aromatic carbocycles. The molecule has 6 nitrogen and oxygen atoms in total. The van der Waals surface area contributed by atoms with Crippen molar-refractivity contribution in [3.8, 4) is 0 Å². The largest absolute Gasteiger partial charge is 0.394 e. The lowest BCUT2D eigenvalue weighted by Crippen LogP contribution is -2.45. The van der Waals surface area contributed by atoms with E-state index in [1.165, 1.54) is 13.1 Å². The quantitative estimate of drug-likeness (QED) is 0.856. The van der Waals surface area contributed by atoms with Crippen molar-refractivity contribution in [3.63, 3.8) is 0 Å². The van der Waals surface area contributed by atoms with Crippen LogP contribution in [-0.4, -0.2) is 61.4 Å². The summed E-state index contributed by atoms with van der Waals surface area (Å²) in [5.74, 6) is -0.0285. The molecule has 1 aliphatic heterocycles. The Balaban J connectivity index is 2.06. The molecule has 0 saturated carbocycles. The number of hydrogen-bond donors (Lipinski definition) is 1. The number of aliphatic hydroxyl groups is 1. The Kier molecular flexibility index (Phi) is 5.03. The van der Waals surface area contributed by atoms with E-state index in [1.54, 1.807) is 16.3 Å². The Bertz CT molecular complexity index is 585. The van der Waals surface area contributed by atoms with E-state index in [4.69, 9.17) is 0 Å². The zero-order valence-electron chi connectivity index (χ0n) is 12.1. The number of nitrogens with zero attached hydrogens (tertiary/aromatic N) is 2. The first-order valence-electron chi connectivity index (χ1n) is 6.78. The molecule has 1 N–H and O–H groups in total. The molecular formula is C13H20N2O4S2. The Labute approximate surface area is 129 Å². The summed E-state index contributed by atoms with van der Waals surface area (Å²) in [6, 6.07) is 2.97. The second-order valence-electron chi connectivity index (χ2n) is 5.30. The molecule has 1 amide bonds. The van der Waals surface area contributed by atoms with Gasteiger partial charge in [-0.2, -0.15) is 4.31 Å². The minimum atomic E-state index is -3.62. The molecule has 8 heteroatoms. The highest BCUT2D eigenvalue weighted by Crippen LogP contribution is 2.24. The lowest BCUT2D eigenvalue weighted by atomic mass is 10.0.